The first-order valence-electron chi connectivity index (χ1n) is 6.65. The van der Waals surface area contributed by atoms with Crippen LogP contribution < -0.4 is 5.32 Å². The summed E-state index contributed by atoms with van der Waals surface area (Å²) >= 11 is 0. The van der Waals surface area contributed by atoms with Gasteiger partial charge in [0, 0.05) is 19.2 Å². The third kappa shape index (κ3) is 4.18. The second-order valence-corrected chi connectivity index (χ2v) is 5.66. The molecule has 0 saturated carbocycles. The number of hydrogen-bond acceptors (Lipinski definition) is 2. The zero-order chi connectivity index (χ0) is 16.2. The Hall–Kier alpha value is -2.11. The molecule has 0 aliphatic rings. The number of benzene rings is 1. The van der Waals surface area contributed by atoms with Crippen LogP contribution in [-0.2, 0) is 4.79 Å². The molecule has 5 nitrogen and oxygen atoms in total. The first kappa shape index (κ1) is 16.9. The molecule has 2 N–H and O–H groups in total. The van der Waals surface area contributed by atoms with E-state index in [1.54, 1.807) is 32.2 Å². The number of halogens is 1. The van der Waals surface area contributed by atoms with Crippen LogP contribution in [-0.4, -0.2) is 35.6 Å². The lowest BCUT2D eigenvalue weighted by molar-refractivity contribution is -0.146. The molecule has 116 valence electrons. The molecule has 0 aliphatic heterocycles. The topological polar surface area (TPSA) is 69.6 Å². The van der Waals surface area contributed by atoms with Crippen molar-refractivity contribution in [1.82, 2.24) is 10.2 Å². The summed E-state index contributed by atoms with van der Waals surface area (Å²) in [4.78, 5) is 24.4. The van der Waals surface area contributed by atoms with E-state index in [1.807, 2.05) is 0 Å². The Morgan fingerprint density at radius 1 is 1.38 bits per heavy atom. The van der Waals surface area contributed by atoms with Crippen LogP contribution >= 0.6 is 0 Å². The van der Waals surface area contributed by atoms with Crippen molar-refractivity contribution in [3.63, 3.8) is 0 Å². The van der Waals surface area contributed by atoms with Crippen LogP contribution in [0.3, 0.4) is 0 Å². The summed E-state index contributed by atoms with van der Waals surface area (Å²) < 4.78 is 13.7. The molecular weight excluding hydrogens is 275 g/mol. The molecule has 6 heteroatoms. The Bertz CT molecular complexity index is 531. The predicted molar refractivity (Wildman–Crippen MR) is 77.4 cm³/mol. The summed E-state index contributed by atoms with van der Waals surface area (Å²) in [5.74, 6) is -1.37. The SMILES string of the molecule is CC(c1ccccc1F)N(C)C(=O)NCC(C)(C)C(=O)O. The van der Waals surface area contributed by atoms with Crippen LogP contribution in [0.2, 0.25) is 0 Å². The van der Waals surface area contributed by atoms with Crippen LogP contribution in [0.1, 0.15) is 32.4 Å². The zero-order valence-electron chi connectivity index (χ0n) is 12.7. The first-order valence-corrected chi connectivity index (χ1v) is 6.65. The van der Waals surface area contributed by atoms with Gasteiger partial charge >= 0.3 is 12.0 Å². The Morgan fingerprint density at radius 2 is 1.95 bits per heavy atom. The van der Waals surface area contributed by atoms with Crippen molar-refractivity contribution in [2.24, 2.45) is 5.41 Å². The number of carboxylic acid groups (broad SMARTS) is 1. The Morgan fingerprint density at radius 3 is 2.48 bits per heavy atom. The van der Waals surface area contributed by atoms with Gasteiger partial charge in [-0.05, 0) is 26.8 Å². The fourth-order valence-corrected chi connectivity index (χ4v) is 1.70. The monoisotopic (exact) mass is 296 g/mol. The standard InChI is InChI=1S/C15H21FN2O3/c1-10(11-7-5-6-8-12(11)16)18(4)14(21)17-9-15(2,3)13(19)20/h5-8,10H,9H2,1-4H3,(H,17,21)(H,19,20). The lowest BCUT2D eigenvalue weighted by Crippen LogP contribution is -2.45. The van der Waals surface area contributed by atoms with Gasteiger partial charge in [0.25, 0.3) is 0 Å². The van der Waals surface area contributed by atoms with Crippen molar-refractivity contribution < 1.29 is 19.1 Å². The smallest absolute Gasteiger partial charge is 0.317 e. The number of aliphatic carboxylic acids is 1. The van der Waals surface area contributed by atoms with E-state index in [4.69, 9.17) is 5.11 Å². The van der Waals surface area contributed by atoms with Crippen LogP contribution in [0, 0.1) is 11.2 Å². The highest BCUT2D eigenvalue weighted by Gasteiger charge is 2.29. The Balaban J connectivity index is 2.71. The summed E-state index contributed by atoms with van der Waals surface area (Å²) in [5.41, 5.74) is -0.648. The maximum Gasteiger partial charge on any atom is 0.317 e. The van der Waals surface area contributed by atoms with E-state index >= 15 is 0 Å². The quantitative estimate of drug-likeness (QED) is 0.877. The second-order valence-electron chi connectivity index (χ2n) is 5.66. The van der Waals surface area contributed by atoms with Gasteiger partial charge in [0.05, 0.1) is 11.5 Å². The van der Waals surface area contributed by atoms with E-state index in [0.29, 0.717) is 5.56 Å². The molecule has 0 aromatic heterocycles. The molecule has 0 aliphatic carbocycles. The van der Waals surface area contributed by atoms with Crippen LogP contribution in [0.25, 0.3) is 0 Å². The number of carboxylic acids is 1. The highest BCUT2D eigenvalue weighted by Crippen LogP contribution is 2.21. The summed E-state index contributed by atoms with van der Waals surface area (Å²) in [5, 5.41) is 11.6. The van der Waals surface area contributed by atoms with Crippen molar-refractivity contribution in [2.45, 2.75) is 26.8 Å². The summed E-state index contributed by atoms with van der Waals surface area (Å²) in [7, 11) is 1.54. The molecule has 0 fully saturated rings. The van der Waals surface area contributed by atoms with Gasteiger partial charge in [0.2, 0.25) is 0 Å². The predicted octanol–water partition coefficient (Wildman–Crippen LogP) is 2.64. The number of carbonyl (C=O) groups excluding carboxylic acids is 1. The van der Waals surface area contributed by atoms with E-state index in [0.717, 1.165) is 0 Å². The van der Waals surface area contributed by atoms with Gasteiger partial charge < -0.3 is 15.3 Å². The molecule has 1 aromatic carbocycles. The van der Waals surface area contributed by atoms with Crippen LogP contribution in [0.15, 0.2) is 24.3 Å². The molecule has 1 rings (SSSR count). The Kier molecular flexibility index (Phi) is 5.29. The molecule has 21 heavy (non-hydrogen) atoms. The first-order chi connectivity index (χ1) is 9.66. The molecule has 1 unspecified atom stereocenters. The minimum absolute atomic E-state index is 0.00447. The highest BCUT2D eigenvalue weighted by molar-refractivity contribution is 5.77. The summed E-state index contributed by atoms with van der Waals surface area (Å²) in [6.45, 7) is 4.75. The molecule has 0 spiro atoms. The van der Waals surface area contributed by atoms with Crippen LogP contribution in [0.4, 0.5) is 9.18 Å². The molecule has 1 atom stereocenters. The van der Waals surface area contributed by atoms with Gasteiger partial charge in [-0.1, -0.05) is 18.2 Å². The van der Waals surface area contributed by atoms with Crippen molar-refractivity contribution in [3.8, 4) is 0 Å². The van der Waals surface area contributed by atoms with E-state index in [9.17, 15) is 14.0 Å². The summed E-state index contributed by atoms with van der Waals surface area (Å²) in [6.07, 6.45) is 0. The van der Waals surface area contributed by atoms with E-state index in [1.165, 1.54) is 24.8 Å². The molecule has 0 radical (unpaired) electrons. The third-order valence-corrected chi connectivity index (χ3v) is 3.52. The zero-order valence-corrected chi connectivity index (χ0v) is 12.7. The van der Waals surface area contributed by atoms with Gasteiger partial charge in [-0.15, -0.1) is 0 Å². The number of amides is 2. The molecule has 0 saturated heterocycles. The average Bonchev–Trinajstić information content (AvgIpc) is 2.43. The number of nitrogens with one attached hydrogen (secondary N) is 1. The largest absolute Gasteiger partial charge is 0.481 e. The molecule has 0 bridgehead atoms. The maximum absolute atomic E-state index is 13.7. The third-order valence-electron chi connectivity index (χ3n) is 3.52. The van der Waals surface area contributed by atoms with Gasteiger partial charge in [-0.3, -0.25) is 4.79 Å². The highest BCUT2D eigenvalue weighted by atomic mass is 19.1. The molecule has 1 aromatic rings. The number of nitrogens with zero attached hydrogens (tertiary/aromatic N) is 1. The lowest BCUT2D eigenvalue weighted by Gasteiger charge is -2.28. The number of rotatable bonds is 5. The minimum atomic E-state index is -1.06. The average molecular weight is 296 g/mol. The molecular formula is C15H21FN2O3. The fraction of sp³-hybridized carbons (Fsp3) is 0.467. The fourth-order valence-electron chi connectivity index (χ4n) is 1.70. The molecule has 2 amide bonds. The van der Waals surface area contributed by atoms with Crippen LogP contribution in [0.5, 0.6) is 0 Å². The normalized spacial score (nSPS) is 12.6. The number of carbonyl (C=O) groups is 2. The van der Waals surface area contributed by atoms with Crippen molar-refractivity contribution in [1.29, 1.82) is 0 Å². The van der Waals surface area contributed by atoms with Crippen molar-refractivity contribution in [3.05, 3.63) is 35.6 Å². The second kappa shape index (κ2) is 6.56. The lowest BCUT2D eigenvalue weighted by atomic mass is 9.94. The Labute approximate surface area is 123 Å². The van der Waals surface area contributed by atoms with Gasteiger partial charge in [0.1, 0.15) is 5.82 Å². The van der Waals surface area contributed by atoms with Gasteiger partial charge in [-0.2, -0.15) is 0 Å². The maximum atomic E-state index is 13.7. The number of urea groups is 1. The number of hydrogen-bond donors (Lipinski definition) is 2. The van der Waals surface area contributed by atoms with E-state index < -0.39 is 23.5 Å². The minimum Gasteiger partial charge on any atom is -0.481 e. The van der Waals surface area contributed by atoms with E-state index in [2.05, 4.69) is 5.32 Å². The van der Waals surface area contributed by atoms with Gasteiger partial charge in [0.15, 0.2) is 0 Å². The summed E-state index contributed by atoms with van der Waals surface area (Å²) in [6, 6.07) is 5.34. The van der Waals surface area contributed by atoms with E-state index in [-0.39, 0.29) is 12.4 Å². The molecule has 0 heterocycles. The van der Waals surface area contributed by atoms with Gasteiger partial charge in [-0.25, -0.2) is 9.18 Å². The van der Waals surface area contributed by atoms with Crippen molar-refractivity contribution >= 4 is 12.0 Å². The van der Waals surface area contributed by atoms with Crippen molar-refractivity contribution in [2.75, 3.05) is 13.6 Å².